The third-order valence-electron chi connectivity index (χ3n) is 3.25. The Labute approximate surface area is 158 Å². The highest BCUT2D eigenvalue weighted by atomic mass is 35.5. The highest BCUT2D eigenvalue weighted by Crippen LogP contribution is 2.28. The summed E-state index contributed by atoms with van der Waals surface area (Å²) in [7, 11) is 0. The van der Waals surface area contributed by atoms with Crippen molar-refractivity contribution in [3.63, 3.8) is 0 Å². The van der Waals surface area contributed by atoms with Crippen LogP contribution in [0.5, 0.6) is 0 Å². The maximum Gasteiger partial charge on any atom is 0.269 e. The van der Waals surface area contributed by atoms with Crippen LogP contribution < -0.4 is 21.9 Å². The van der Waals surface area contributed by atoms with E-state index in [0.717, 1.165) is 0 Å². The van der Waals surface area contributed by atoms with Gasteiger partial charge >= 0.3 is 0 Å². The number of hydrogen-bond donors (Lipinski definition) is 4. The Bertz CT molecular complexity index is 917. The second kappa shape index (κ2) is 7.85. The van der Waals surface area contributed by atoms with Crippen LogP contribution in [0.25, 0.3) is 0 Å². The summed E-state index contributed by atoms with van der Waals surface area (Å²) in [5.74, 6) is 0.207. The van der Waals surface area contributed by atoms with E-state index in [1.807, 2.05) is 0 Å². The van der Waals surface area contributed by atoms with Crippen LogP contribution in [-0.2, 0) is 0 Å². The van der Waals surface area contributed by atoms with Crippen molar-refractivity contribution < 1.29 is 4.79 Å². The molecule has 0 unspecified atom stereocenters. The van der Waals surface area contributed by atoms with Crippen molar-refractivity contribution in [3.8, 4) is 0 Å². The number of hydrogen-bond acceptors (Lipinski definition) is 7. The van der Waals surface area contributed by atoms with E-state index < -0.39 is 0 Å². The molecule has 2 aromatic heterocycles. The first kappa shape index (κ1) is 17.7. The lowest BCUT2D eigenvalue weighted by atomic mass is 10.3. The van der Waals surface area contributed by atoms with Crippen molar-refractivity contribution in [3.05, 3.63) is 64.7 Å². The Morgan fingerprint density at radius 1 is 1.00 bits per heavy atom. The topological polar surface area (TPSA) is 118 Å². The van der Waals surface area contributed by atoms with E-state index in [1.165, 1.54) is 18.7 Å². The van der Waals surface area contributed by atoms with Crippen LogP contribution in [0.15, 0.2) is 49.1 Å². The Kier molecular flexibility index (Phi) is 5.35. The number of hydrazine groups is 1. The monoisotopic (exact) mass is 389 g/mol. The Balaban J connectivity index is 1.73. The Morgan fingerprint density at radius 3 is 2.35 bits per heavy atom. The fourth-order valence-corrected chi connectivity index (χ4v) is 2.57. The summed E-state index contributed by atoms with van der Waals surface area (Å²) in [6, 6.07) is 8.12. The number of nitrogens with two attached hydrogens (primary N) is 1. The first-order valence-electron chi connectivity index (χ1n) is 7.33. The second-order valence-electron chi connectivity index (χ2n) is 5.08. The average molecular weight is 390 g/mol. The van der Waals surface area contributed by atoms with Crippen molar-refractivity contribution in [2.24, 2.45) is 0 Å². The molecule has 1 amide bonds. The maximum atomic E-state index is 12.0. The lowest BCUT2D eigenvalue weighted by Crippen LogP contribution is -2.30. The molecule has 5 N–H and O–H groups in total. The van der Waals surface area contributed by atoms with Crippen LogP contribution in [0, 0.1) is 0 Å². The SMILES string of the molecule is Nc1c(NNC(=O)c2ccncc2)ncnc1Nc1cc(Cl)cc(Cl)c1. The number of rotatable bonds is 5. The number of amides is 1. The summed E-state index contributed by atoms with van der Waals surface area (Å²) in [5.41, 5.74) is 12.5. The molecule has 0 atom stereocenters. The molecule has 0 saturated heterocycles. The first-order chi connectivity index (χ1) is 12.5. The van der Waals surface area contributed by atoms with E-state index in [2.05, 4.69) is 31.1 Å². The van der Waals surface area contributed by atoms with Gasteiger partial charge in [-0.2, -0.15) is 0 Å². The molecule has 0 aliphatic heterocycles. The summed E-state index contributed by atoms with van der Waals surface area (Å²) < 4.78 is 0. The third kappa shape index (κ3) is 4.29. The number of carbonyl (C=O) groups excluding carboxylic acids is 1. The summed E-state index contributed by atoms with van der Waals surface area (Å²) in [4.78, 5) is 24.0. The van der Waals surface area contributed by atoms with Crippen molar-refractivity contribution in [1.82, 2.24) is 20.4 Å². The van der Waals surface area contributed by atoms with E-state index in [9.17, 15) is 4.79 Å². The molecule has 132 valence electrons. The molecular formula is C16H13Cl2N7O. The van der Waals surface area contributed by atoms with Gasteiger partial charge < -0.3 is 11.1 Å². The summed E-state index contributed by atoms with van der Waals surface area (Å²) >= 11 is 12.0. The van der Waals surface area contributed by atoms with Crippen LogP contribution in [0.1, 0.15) is 10.4 Å². The largest absolute Gasteiger partial charge is 0.393 e. The van der Waals surface area contributed by atoms with Crippen molar-refractivity contribution >= 4 is 52.1 Å². The van der Waals surface area contributed by atoms with Gasteiger partial charge in [0.2, 0.25) is 0 Å². The van der Waals surface area contributed by atoms with Crippen LogP contribution >= 0.6 is 23.2 Å². The van der Waals surface area contributed by atoms with Crippen molar-refractivity contribution in [2.75, 3.05) is 16.5 Å². The normalized spacial score (nSPS) is 10.2. The van der Waals surface area contributed by atoms with Gasteiger partial charge in [0.05, 0.1) is 0 Å². The van der Waals surface area contributed by atoms with Gasteiger partial charge in [-0.05, 0) is 30.3 Å². The molecule has 0 saturated carbocycles. The minimum atomic E-state index is -0.360. The Hall–Kier alpha value is -3.10. The zero-order valence-electron chi connectivity index (χ0n) is 13.2. The van der Waals surface area contributed by atoms with Gasteiger partial charge in [-0.1, -0.05) is 23.2 Å². The second-order valence-corrected chi connectivity index (χ2v) is 5.96. The zero-order valence-corrected chi connectivity index (χ0v) is 14.7. The summed E-state index contributed by atoms with van der Waals surface area (Å²) in [6.45, 7) is 0. The number of aromatic nitrogens is 3. The summed E-state index contributed by atoms with van der Waals surface area (Å²) in [6.07, 6.45) is 4.34. The van der Waals surface area contributed by atoms with Crippen LogP contribution in [0.3, 0.4) is 0 Å². The van der Waals surface area contributed by atoms with Gasteiger partial charge in [-0.15, -0.1) is 0 Å². The molecule has 0 spiro atoms. The van der Waals surface area contributed by atoms with Crippen molar-refractivity contribution in [2.45, 2.75) is 0 Å². The van der Waals surface area contributed by atoms with Crippen LogP contribution in [0.4, 0.5) is 23.0 Å². The zero-order chi connectivity index (χ0) is 18.5. The molecule has 1 aromatic carbocycles. The number of nitrogens with one attached hydrogen (secondary N) is 3. The number of halogens is 2. The van der Waals surface area contributed by atoms with Gasteiger partial charge in [-0.25, -0.2) is 9.97 Å². The fourth-order valence-electron chi connectivity index (χ4n) is 2.05. The minimum Gasteiger partial charge on any atom is -0.393 e. The molecule has 3 aromatic rings. The lowest BCUT2D eigenvalue weighted by molar-refractivity contribution is 0.0962. The number of anilines is 4. The van der Waals surface area contributed by atoms with Crippen molar-refractivity contribution in [1.29, 1.82) is 0 Å². The molecule has 0 radical (unpaired) electrons. The van der Waals surface area contributed by atoms with E-state index >= 15 is 0 Å². The van der Waals surface area contributed by atoms with Crippen LogP contribution in [0.2, 0.25) is 10.0 Å². The number of nitrogen functional groups attached to an aromatic ring is 1. The van der Waals surface area contributed by atoms with E-state index in [-0.39, 0.29) is 17.4 Å². The number of nitrogens with zero attached hydrogens (tertiary/aromatic N) is 3. The lowest BCUT2D eigenvalue weighted by Gasteiger charge is -2.13. The number of carbonyl (C=O) groups is 1. The fraction of sp³-hybridized carbons (Fsp3) is 0. The van der Waals surface area contributed by atoms with Gasteiger partial charge in [0, 0.05) is 33.7 Å². The highest BCUT2D eigenvalue weighted by Gasteiger charge is 2.11. The van der Waals surface area contributed by atoms with Gasteiger partial charge in [0.1, 0.15) is 12.0 Å². The molecule has 26 heavy (non-hydrogen) atoms. The van der Waals surface area contributed by atoms with E-state index in [4.69, 9.17) is 28.9 Å². The van der Waals surface area contributed by atoms with E-state index in [1.54, 1.807) is 30.3 Å². The summed E-state index contributed by atoms with van der Waals surface area (Å²) in [5, 5.41) is 3.94. The average Bonchev–Trinajstić information content (AvgIpc) is 2.62. The molecule has 0 aliphatic carbocycles. The molecule has 0 bridgehead atoms. The molecule has 0 aliphatic rings. The van der Waals surface area contributed by atoms with Gasteiger partial charge in [0.15, 0.2) is 11.6 Å². The Morgan fingerprint density at radius 2 is 1.65 bits per heavy atom. The smallest absolute Gasteiger partial charge is 0.269 e. The van der Waals surface area contributed by atoms with Gasteiger partial charge in [-0.3, -0.25) is 20.6 Å². The minimum absolute atomic E-state index is 0.207. The standard InChI is InChI=1S/C16H13Cl2N7O/c17-10-5-11(18)7-12(6-10)23-14-13(19)15(22-8-21-14)24-25-16(26)9-1-3-20-4-2-9/h1-8H,19H2,(H,25,26)(H2,21,22,23,24). The quantitative estimate of drug-likeness (QED) is 0.494. The van der Waals surface area contributed by atoms with E-state index in [0.29, 0.717) is 27.1 Å². The molecule has 3 rings (SSSR count). The predicted octanol–water partition coefficient (Wildman–Crippen LogP) is 3.26. The number of pyridine rings is 1. The highest BCUT2D eigenvalue weighted by molar-refractivity contribution is 6.35. The van der Waals surface area contributed by atoms with Crippen LogP contribution in [-0.4, -0.2) is 20.9 Å². The molecule has 10 heteroatoms. The molecular weight excluding hydrogens is 377 g/mol. The maximum absolute atomic E-state index is 12.0. The predicted molar refractivity (Wildman–Crippen MR) is 102 cm³/mol. The molecule has 8 nitrogen and oxygen atoms in total. The number of benzene rings is 1. The molecule has 0 fully saturated rings. The third-order valence-corrected chi connectivity index (χ3v) is 3.68. The molecule has 2 heterocycles. The first-order valence-corrected chi connectivity index (χ1v) is 8.08. The van der Waals surface area contributed by atoms with Gasteiger partial charge in [0.25, 0.3) is 5.91 Å².